The molecule has 2 aliphatic rings. The number of benzene rings is 2. The summed E-state index contributed by atoms with van der Waals surface area (Å²) in [5.41, 5.74) is 4.72. The van der Waals surface area contributed by atoms with Crippen molar-refractivity contribution in [3.05, 3.63) is 135 Å². The van der Waals surface area contributed by atoms with Crippen molar-refractivity contribution in [3.63, 3.8) is 0 Å². The summed E-state index contributed by atoms with van der Waals surface area (Å²) in [4.78, 5) is 88.3. The number of nitrogens with zero attached hydrogens (tertiary/aromatic N) is 11. The number of ether oxygens (including phenoxy) is 2. The van der Waals surface area contributed by atoms with Gasteiger partial charge in [0.2, 0.25) is 23.7 Å². The predicted molar refractivity (Wildman–Crippen MR) is 275 cm³/mol. The first kappa shape index (κ1) is 51.0. The Hall–Kier alpha value is -8.88. The van der Waals surface area contributed by atoms with Crippen molar-refractivity contribution < 1.29 is 28.7 Å². The van der Waals surface area contributed by atoms with E-state index in [-0.39, 0.29) is 47.8 Å². The molecule has 21 nitrogen and oxygen atoms in total. The molecule has 2 fully saturated rings. The van der Waals surface area contributed by atoms with E-state index in [2.05, 4.69) is 74.3 Å². The zero-order valence-electron chi connectivity index (χ0n) is 41.1. The molecular weight excluding hydrogens is 919 g/mol. The third kappa shape index (κ3) is 12.5. The van der Waals surface area contributed by atoms with Crippen LogP contribution in [0.4, 0.5) is 55.9 Å². The molecule has 6 heterocycles. The van der Waals surface area contributed by atoms with Crippen LogP contribution in [-0.4, -0.2) is 96.2 Å². The fourth-order valence-electron chi connectivity index (χ4n) is 7.52. The topological polar surface area (TPSA) is 248 Å². The van der Waals surface area contributed by atoms with Gasteiger partial charge in [-0.3, -0.25) is 19.4 Å². The second-order valence-electron chi connectivity index (χ2n) is 17.4. The summed E-state index contributed by atoms with van der Waals surface area (Å²) in [7, 11) is 1.91. The molecule has 4 atom stereocenters. The SMILES string of the molecule is C=CC(=O)Nc1ccc(N(C)c2cnc([C@H](C)Nc3nccc(N4C(=O)OC[C@@H]4C(C)C)n3)nc2)cc1.C=CC(=O)Nc1cccc(-c2cnc([C@H](C)Nc3nccc(N4C(=O)OC[C@@H]4C(C)C)n3)nc2)c1. The largest absolute Gasteiger partial charge is 0.447 e. The summed E-state index contributed by atoms with van der Waals surface area (Å²) in [6.45, 7) is 19.6. The Morgan fingerprint density at radius 3 is 1.57 bits per heavy atom. The normalized spacial score (nSPS) is 15.9. The van der Waals surface area contributed by atoms with Gasteiger partial charge < -0.3 is 35.6 Å². The molecule has 4 amide bonds. The Kier molecular flexibility index (Phi) is 16.4. The fourth-order valence-corrected chi connectivity index (χ4v) is 7.52. The molecule has 21 heteroatoms. The highest BCUT2D eigenvalue weighted by atomic mass is 16.6. The lowest BCUT2D eigenvalue weighted by Crippen LogP contribution is -2.37. The van der Waals surface area contributed by atoms with E-state index < -0.39 is 12.2 Å². The summed E-state index contributed by atoms with van der Waals surface area (Å²) >= 11 is 0. The summed E-state index contributed by atoms with van der Waals surface area (Å²) in [5, 5.41) is 11.9. The first-order valence-corrected chi connectivity index (χ1v) is 23.2. The van der Waals surface area contributed by atoms with Gasteiger partial charge in [-0.2, -0.15) is 9.97 Å². The van der Waals surface area contributed by atoms with Crippen LogP contribution in [0.15, 0.2) is 123 Å². The number of cyclic esters (lactones) is 2. The summed E-state index contributed by atoms with van der Waals surface area (Å²) in [6, 6.07) is 17.5. The molecule has 72 heavy (non-hydrogen) atoms. The van der Waals surface area contributed by atoms with E-state index in [1.165, 1.54) is 12.2 Å². The van der Waals surface area contributed by atoms with Crippen LogP contribution in [0, 0.1) is 11.8 Å². The minimum Gasteiger partial charge on any atom is -0.447 e. The van der Waals surface area contributed by atoms with E-state index in [4.69, 9.17) is 9.47 Å². The van der Waals surface area contributed by atoms with Crippen molar-refractivity contribution >= 4 is 70.3 Å². The van der Waals surface area contributed by atoms with E-state index in [1.54, 1.807) is 65.2 Å². The third-order valence-electron chi connectivity index (χ3n) is 11.7. The minimum absolute atomic E-state index is 0.0809. The number of carbonyl (C=O) groups is 4. The average molecular weight is 976 g/mol. The van der Waals surface area contributed by atoms with Crippen LogP contribution in [0.1, 0.15) is 65.3 Å². The monoisotopic (exact) mass is 975 g/mol. The van der Waals surface area contributed by atoms with E-state index >= 15 is 0 Å². The molecule has 2 aromatic carbocycles. The van der Waals surface area contributed by atoms with E-state index in [0.29, 0.717) is 59.8 Å². The molecule has 8 rings (SSSR count). The molecule has 2 aliphatic heterocycles. The van der Waals surface area contributed by atoms with Crippen molar-refractivity contribution in [2.45, 2.75) is 65.7 Å². The average Bonchev–Trinajstić information content (AvgIpc) is 3.99. The molecule has 2 saturated heterocycles. The molecule has 0 spiro atoms. The van der Waals surface area contributed by atoms with Crippen LogP contribution < -0.4 is 36.0 Å². The van der Waals surface area contributed by atoms with E-state index in [0.717, 1.165) is 22.5 Å². The maximum Gasteiger partial charge on any atom is 0.415 e. The second-order valence-corrected chi connectivity index (χ2v) is 17.4. The maximum atomic E-state index is 12.3. The fraction of sp³-hybridized carbons (Fsp3) is 0.294. The van der Waals surface area contributed by atoms with Gasteiger partial charge in [0.25, 0.3) is 0 Å². The Balaban J connectivity index is 0.000000212. The highest BCUT2D eigenvalue weighted by molar-refractivity contribution is 5.99. The van der Waals surface area contributed by atoms with E-state index in [9.17, 15) is 19.2 Å². The van der Waals surface area contributed by atoms with Gasteiger partial charge in [0.05, 0.1) is 42.2 Å². The molecule has 4 aromatic heterocycles. The molecule has 0 bridgehead atoms. The Bertz CT molecular complexity index is 2880. The number of anilines is 8. The summed E-state index contributed by atoms with van der Waals surface area (Å²) in [6.07, 6.45) is 11.7. The molecule has 0 radical (unpaired) electrons. The van der Waals surface area contributed by atoms with Crippen molar-refractivity contribution in [1.82, 2.24) is 39.9 Å². The molecule has 372 valence electrons. The quantitative estimate of drug-likeness (QED) is 0.0625. The Morgan fingerprint density at radius 1 is 0.625 bits per heavy atom. The number of aromatic nitrogens is 8. The second kappa shape index (κ2) is 23.2. The van der Waals surface area contributed by atoms with Crippen LogP contribution >= 0.6 is 0 Å². The van der Waals surface area contributed by atoms with Gasteiger partial charge in [-0.25, -0.2) is 39.5 Å². The van der Waals surface area contributed by atoms with Gasteiger partial charge in [0, 0.05) is 54.5 Å². The van der Waals surface area contributed by atoms with Gasteiger partial charge in [-0.05, 0) is 91.9 Å². The lowest BCUT2D eigenvalue weighted by molar-refractivity contribution is -0.112. The van der Waals surface area contributed by atoms with Crippen LogP contribution in [0.3, 0.4) is 0 Å². The first-order valence-electron chi connectivity index (χ1n) is 23.2. The smallest absolute Gasteiger partial charge is 0.415 e. The third-order valence-corrected chi connectivity index (χ3v) is 11.7. The number of hydrogen-bond donors (Lipinski definition) is 4. The highest BCUT2D eigenvalue weighted by Gasteiger charge is 2.38. The maximum absolute atomic E-state index is 12.3. The number of amides is 4. The van der Waals surface area contributed by atoms with Crippen molar-refractivity contribution in [2.75, 3.05) is 56.2 Å². The van der Waals surface area contributed by atoms with Crippen LogP contribution in [0.2, 0.25) is 0 Å². The number of carbonyl (C=O) groups excluding carboxylic acids is 4. The van der Waals surface area contributed by atoms with Gasteiger partial charge >= 0.3 is 12.2 Å². The molecular formula is C51H57N15O6. The molecule has 0 unspecified atom stereocenters. The molecule has 0 saturated carbocycles. The van der Waals surface area contributed by atoms with Gasteiger partial charge in [-0.1, -0.05) is 53.0 Å². The predicted octanol–water partition coefficient (Wildman–Crippen LogP) is 8.53. The Morgan fingerprint density at radius 2 is 1.10 bits per heavy atom. The summed E-state index contributed by atoms with van der Waals surface area (Å²) < 4.78 is 10.5. The van der Waals surface area contributed by atoms with Gasteiger partial charge in [0.15, 0.2) is 0 Å². The van der Waals surface area contributed by atoms with Gasteiger partial charge in [-0.15, -0.1) is 0 Å². The molecule has 6 aromatic rings. The number of rotatable bonds is 17. The van der Waals surface area contributed by atoms with Crippen LogP contribution in [0.5, 0.6) is 0 Å². The molecule has 0 aliphatic carbocycles. The zero-order chi connectivity index (χ0) is 51.5. The van der Waals surface area contributed by atoms with Crippen molar-refractivity contribution in [3.8, 4) is 11.1 Å². The summed E-state index contributed by atoms with van der Waals surface area (Å²) in [5.74, 6) is 2.71. The number of hydrogen-bond acceptors (Lipinski definition) is 17. The number of nitrogens with one attached hydrogen (secondary N) is 4. The molecule has 4 N–H and O–H groups in total. The lowest BCUT2D eigenvalue weighted by atomic mass is 10.0. The zero-order valence-corrected chi connectivity index (χ0v) is 41.1. The minimum atomic E-state index is -0.409. The van der Waals surface area contributed by atoms with E-state index in [1.807, 2.05) is 96.0 Å². The van der Waals surface area contributed by atoms with Crippen molar-refractivity contribution in [1.29, 1.82) is 0 Å². The standard InChI is InChI=1S/C26H30N8O3.C25H27N7O3/c1-6-23(35)31-18-7-9-19(10-8-18)33(5)20-13-28-24(29-14-20)17(4)30-25-27-12-11-22(32-25)34-21(16(2)3)15-37-26(34)36;1-5-22(33)30-19-8-6-7-17(11-19)18-12-27-23(28-13-18)16(4)29-24-26-10-9-21(31-24)32-20(15(2)3)14-35-25(32)34/h6-14,16-17,21H,1,15H2,2-5H3,(H,31,35)(H,27,30,32);5-13,15-16,20H,1,14H2,2-4H3,(H,30,33)(H,26,29,31)/t17-,21+;16-,20+/m00/s1. The highest BCUT2D eigenvalue weighted by Crippen LogP contribution is 2.30. The first-order chi connectivity index (χ1) is 34.6. The van der Waals surface area contributed by atoms with Crippen molar-refractivity contribution in [2.24, 2.45) is 11.8 Å². The van der Waals surface area contributed by atoms with Gasteiger partial charge in [0.1, 0.15) is 36.5 Å². The van der Waals surface area contributed by atoms with Crippen LogP contribution in [0.25, 0.3) is 11.1 Å². The lowest BCUT2D eigenvalue weighted by Gasteiger charge is -2.23. The van der Waals surface area contributed by atoms with Crippen LogP contribution in [-0.2, 0) is 19.1 Å². The Labute approximate surface area is 417 Å².